The van der Waals surface area contributed by atoms with Crippen LogP contribution in [0.5, 0.6) is 0 Å². The molecule has 0 aliphatic heterocycles. The van der Waals surface area contributed by atoms with Crippen LogP contribution < -0.4 is 5.73 Å². The second kappa shape index (κ2) is 3.86. The molecule has 1 aromatic heterocycles. The van der Waals surface area contributed by atoms with Gasteiger partial charge in [0.15, 0.2) is 0 Å². The second-order valence-electron chi connectivity index (χ2n) is 3.10. The predicted octanol–water partition coefficient (Wildman–Crippen LogP) is 2.79. The van der Waals surface area contributed by atoms with Crippen molar-refractivity contribution in [1.82, 2.24) is 4.98 Å². The highest BCUT2D eigenvalue weighted by Gasteiger charge is 2.03. The molecule has 0 saturated carbocycles. The Labute approximate surface area is 87.7 Å². The summed E-state index contributed by atoms with van der Waals surface area (Å²) in [7, 11) is 0. The van der Waals surface area contributed by atoms with Gasteiger partial charge in [-0.25, -0.2) is 0 Å². The summed E-state index contributed by atoms with van der Waals surface area (Å²) in [4.78, 5) is 3.12. The molecule has 0 radical (unpaired) electrons. The maximum Gasteiger partial charge on any atom is 0.0502 e. The highest BCUT2D eigenvalue weighted by atomic mass is 35.5. The number of nitrogens with two attached hydrogens (primary N) is 1. The summed E-state index contributed by atoms with van der Waals surface area (Å²) in [6.07, 6.45) is 1.88. The number of rotatable bonds is 2. The molecule has 0 fully saturated rings. The van der Waals surface area contributed by atoms with Gasteiger partial charge in [0.1, 0.15) is 0 Å². The minimum Gasteiger partial charge on any atom is -0.361 e. The third kappa shape index (κ3) is 1.67. The van der Waals surface area contributed by atoms with Crippen LogP contribution >= 0.6 is 11.6 Å². The minimum atomic E-state index is 0.519. The van der Waals surface area contributed by atoms with Crippen LogP contribution in [-0.2, 0) is 6.54 Å². The first-order valence-electron chi connectivity index (χ1n) is 4.43. The smallest absolute Gasteiger partial charge is 0.0502 e. The summed E-state index contributed by atoms with van der Waals surface area (Å²) in [5.74, 6) is 0. The van der Waals surface area contributed by atoms with Crippen LogP contribution in [0.15, 0.2) is 36.5 Å². The van der Waals surface area contributed by atoms with Crippen LogP contribution in [0.4, 0.5) is 0 Å². The highest BCUT2D eigenvalue weighted by Crippen LogP contribution is 2.27. The van der Waals surface area contributed by atoms with Crippen LogP contribution in [0.1, 0.15) is 5.56 Å². The minimum absolute atomic E-state index is 0.519. The van der Waals surface area contributed by atoms with E-state index in [1.54, 1.807) is 0 Å². The Balaban J connectivity index is 2.46. The van der Waals surface area contributed by atoms with Gasteiger partial charge in [-0.3, -0.25) is 0 Å². The molecule has 2 aromatic rings. The van der Waals surface area contributed by atoms with E-state index in [0.29, 0.717) is 6.54 Å². The van der Waals surface area contributed by atoms with Gasteiger partial charge >= 0.3 is 0 Å². The fourth-order valence-corrected chi connectivity index (χ4v) is 1.71. The van der Waals surface area contributed by atoms with Crippen molar-refractivity contribution in [3.8, 4) is 11.3 Å². The molecule has 0 bridgehead atoms. The van der Waals surface area contributed by atoms with Gasteiger partial charge < -0.3 is 10.7 Å². The number of hydrogen-bond donors (Lipinski definition) is 2. The molecule has 2 nitrogen and oxygen atoms in total. The summed E-state index contributed by atoms with van der Waals surface area (Å²) in [6.45, 7) is 0.519. The standard InChI is InChI=1S/C11H11ClN2/c12-10-6-8(7-13)3-4-9(10)11-2-1-5-14-11/h1-6,14H,7,13H2. The molecule has 0 aliphatic carbocycles. The van der Waals surface area contributed by atoms with Crippen molar-refractivity contribution < 1.29 is 0 Å². The maximum atomic E-state index is 6.12. The Bertz CT molecular complexity index is 421. The third-order valence-electron chi connectivity index (χ3n) is 2.16. The molecule has 3 heteroatoms. The Morgan fingerprint density at radius 2 is 2.14 bits per heavy atom. The van der Waals surface area contributed by atoms with E-state index >= 15 is 0 Å². The Morgan fingerprint density at radius 1 is 1.29 bits per heavy atom. The van der Waals surface area contributed by atoms with Crippen LogP contribution in [0, 0.1) is 0 Å². The van der Waals surface area contributed by atoms with Crippen LogP contribution in [0.25, 0.3) is 11.3 Å². The number of benzene rings is 1. The SMILES string of the molecule is NCc1ccc(-c2ccc[nH]2)c(Cl)c1. The van der Waals surface area contributed by atoms with E-state index in [4.69, 9.17) is 17.3 Å². The zero-order chi connectivity index (χ0) is 9.97. The van der Waals surface area contributed by atoms with E-state index in [9.17, 15) is 0 Å². The number of hydrogen-bond acceptors (Lipinski definition) is 1. The Morgan fingerprint density at radius 3 is 2.71 bits per heavy atom. The van der Waals surface area contributed by atoms with Crippen LogP contribution in [0.3, 0.4) is 0 Å². The summed E-state index contributed by atoms with van der Waals surface area (Å²) >= 11 is 6.12. The van der Waals surface area contributed by atoms with E-state index in [1.165, 1.54) is 0 Å². The molecule has 0 saturated heterocycles. The van der Waals surface area contributed by atoms with Crippen molar-refractivity contribution in [2.45, 2.75) is 6.54 Å². The van der Waals surface area contributed by atoms with Crippen molar-refractivity contribution >= 4 is 11.6 Å². The first kappa shape index (κ1) is 9.31. The van der Waals surface area contributed by atoms with Crippen LogP contribution in [0.2, 0.25) is 5.02 Å². The number of halogens is 1. The molecular weight excluding hydrogens is 196 g/mol. The average Bonchev–Trinajstić information content (AvgIpc) is 2.70. The van der Waals surface area contributed by atoms with E-state index in [1.807, 2.05) is 36.5 Å². The lowest BCUT2D eigenvalue weighted by molar-refractivity contribution is 1.07. The van der Waals surface area contributed by atoms with Gasteiger partial charge in [0.2, 0.25) is 0 Å². The van der Waals surface area contributed by atoms with Gasteiger partial charge in [0.05, 0.1) is 5.02 Å². The van der Waals surface area contributed by atoms with Crippen molar-refractivity contribution in [2.75, 3.05) is 0 Å². The highest BCUT2D eigenvalue weighted by molar-refractivity contribution is 6.33. The second-order valence-corrected chi connectivity index (χ2v) is 3.51. The summed E-state index contributed by atoms with van der Waals surface area (Å²) in [5.41, 5.74) is 8.60. The summed E-state index contributed by atoms with van der Waals surface area (Å²) in [6, 6.07) is 9.81. The molecular formula is C11H11ClN2. The van der Waals surface area contributed by atoms with E-state index in [-0.39, 0.29) is 0 Å². The quantitative estimate of drug-likeness (QED) is 0.780. The number of aromatic amines is 1. The monoisotopic (exact) mass is 206 g/mol. The number of nitrogens with one attached hydrogen (secondary N) is 1. The molecule has 1 aromatic carbocycles. The number of aromatic nitrogens is 1. The van der Waals surface area contributed by atoms with Gasteiger partial charge in [0.25, 0.3) is 0 Å². The van der Waals surface area contributed by atoms with Gasteiger partial charge in [0, 0.05) is 24.0 Å². The van der Waals surface area contributed by atoms with Gasteiger partial charge in [-0.15, -0.1) is 0 Å². The molecule has 0 unspecified atom stereocenters. The first-order chi connectivity index (χ1) is 6.81. The molecule has 0 aliphatic rings. The van der Waals surface area contributed by atoms with E-state index in [2.05, 4.69) is 4.98 Å². The maximum absolute atomic E-state index is 6.12. The lowest BCUT2D eigenvalue weighted by Crippen LogP contribution is -1.95. The molecule has 3 N–H and O–H groups in total. The molecule has 14 heavy (non-hydrogen) atoms. The van der Waals surface area contributed by atoms with Gasteiger partial charge in [-0.2, -0.15) is 0 Å². The normalized spacial score (nSPS) is 10.4. The van der Waals surface area contributed by atoms with Crippen LogP contribution in [-0.4, -0.2) is 4.98 Å². The zero-order valence-electron chi connectivity index (χ0n) is 7.63. The predicted molar refractivity (Wildman–Crippen MR) is 59.1 cm³/mol. The van der Waals surface area contributed by atoms with Crippen molar-refractivity contribution in [1.29, 1.82) is 0 Å². The molecule has 1 heterocycles. The van der Waals surface area contributed by atoms with Crippen molar-refractivity contribution in [3.63, 3.8) is 0 Å². The average molecular weight is 207 g/mol. The molecule has 2 rings (SSSR count). The van der Waals surface area contributed by atoms with E-state index in [0.717, 1.165) is 21.8 Å². The molecule has 0 atom stereocenters. The summed E-state index contributed by atoms with van der Waals surface area (Å²) < 4.78 is 0. The third-order valence-corrected chi connectivity index (χ3v) is 2.47. The van der Waals surface area contributed by atoms with Gasteiger partial charge in [-0.1, -0.05) is 23.7 Å². The van der Waals surface area contributed by atoms with Gasteiger partial charge in [-0.05, 0) is 23.8 Å². The molecule has 0 spiro atoms. The fourth-order valence-electron chi connectivity index (χ4n) is 1.40. The Hall–Kier alpha value is -1.25. The van der Waals surface area contributed by atoms with Crippen molar-refractivity contribution in [3.05, 3.63) is 47.1 Å². The topological polar surface area (TPSA) is 41.8 Å². The fraction of sp³-hybridized carbons (Fsp3) is 0.0909. The zero-order valence-corrected chi connectivity index (χ0v) is 8.38. The lowest BCUT2D eigenvalue weighted by Gasteiger charge is -2.03. The molecule has 72 valence electrons. The number of H-pyrrole nitrogens is 1. The van der Waals surface area contributed by atoms with Crippen molar-refractivity contribution in [2.24, 2.45) is 5.73 Å². The molecule has 0 amide bonds. The lowest BCUT2D eigenvalue weighted by atomic mass is 10.1. The first-order valence-corrected chi connectivity index (χ1v) is 4.81. The Kier molecular flexibility index (Phi) is 2.57. The largest absolute Gasteiger partial charge is 0.361 e. The van der Waals surface area contributed by atoms with E-state index < -0.39 is 0 Å². The summed E-state index contributed by atoms with van der Waals surface area (Å²) in [5, 5.41) is 0.732.